The molecule has 0 spiro atoms. The van der Waals surface area contributed by atoms with Crippen molar-refractivity contribution in [3.63, 3.8) is 0 Å². The zero-order valence-electron chi connectivity index (χ0n) is 10.8. The molecule has 3 aromatic rings. The van der Waals surface area contributed by atoms with Crippen LogP contribution in [0.2, 0.25) is 0 Å². The minimum absolute atomic E-state index is 0.733. The summed E-state index contributed by atoms with van der Waals surface area (Å²) in [5.41, 5.74) is 16.5. The minimum atomic E-state index is 0.733. The number of anilines is 2. The molecule has 0 amide bonds. The maximum absolute atomic E-state index is 5.69. The standard InChI is InChI=1S/C16H14N4/c17-13-5-1-11(2-6-13)15-9-19-10-16(20-15)12-3-7-14(18)8-4-12/h1-10H,17-18H2. The van der Waals surface area contributed by atoms with Gasteiger partial charge < -0.3 is 11.5 Å². The average Bonchev–Trinajstić information content (AvgIpc) is 2.49. The van der Waals surface area contributed by atoms with E-state index in [4.69, 9.17) is 11.5 Å². The number of nitrogens with zero attached hydrogens (tertiary/aromatic N) is 2. The van der Waals surface area contributed by atoms with E-state index in [0.717, 1.165) is 33.9 Å². The van der Waals surface area contributed by atoms with Crippen LogP contribution in [0.1, 0.15) is 0 Å². The molecule has 0 aliphatic rings. The molecule has 20 heavy (non-hydrogen) atoms. The van der Waals surface area contributed by atoms with Gasteiger partial charge in [-0.05, 0) is 24.3 Å². The molecule has 0 radical (unpaired) electrons. The average molecular weight is 262 g/mol. The van der Waals surface area contributed by atoms with E-state index in [1.807, 2.05) is 48.5 Å². The number of hydrogen-bond acceptors (Lipinski definition) is 4. The Hall–Kier alpha value is -2.88. The van der Waals surface area contributed by atoms with Crippen LogP contribution in [0.4, 0.5) is 11.4 Å². The van der Waals surface area contributed by atoms with E-state index in [1.165, 1.54) is 0 Å². The summed E-state index contributed by atoms with van der Waals surface area (Å²) in [6.07, 6.45) is 3.48. The number of aromatic nitrogens is 2. The highest BCUT2D eigenvalue weighted by Gasteiger charge is 2.04. The van der Waals surface area contributed by atoms with Gasteiger partial charge >= 0.3 is 0 Å². The monoisotopic (exact) mass is 262 g/mol. The van der Waals surface area contributed by atoms with Crippen LogP contribution in [0.25, 0.3) is 22.5 Å². The molecule has 98 valence electrons. The van der Waals surface area contributed by atoms with Gasteiger partial charge in [-0.15, -0.1) is 0 Å². The lowest BCUT2D eigenvalue weighted by Gasteiger charge is -2.05. The molecule has 0 fully saturated rings. The Bertz CT molecular complexity index is 657. The van der Waals surface area contributed by atoms with Crippen LogP contribution >= 0.6 is 0 Å². The molecule has 0 bridgehead atoms. The van der Waals surface area contributed by atoms with Crippen molar-refractivity contribution >= 4 is 11.4 Å². The first-order chi connectivity index (χ1) is 9.72. The highest BCUT2D eigenvalue weighted by molar-refractivity contribution is 5.66. The van der Waals surface area contributed by atoms with Crippen LogP contribution in [-0.4, -0.2) is 9.97 Å². The molecular formula is C16H14N4. The van der Waals surface area contributed by atoms with Gasteiger partial charge in [-0.1, -0.05) is 24.3 Å². The Morgan fingerprint density at radius 2 is 1.00 bits per heavy atom. The van der Waals surface area contributed by atoms with Crippen molar-refractivity contribution in [2.75, 3.05) is 11.5 Å². The molecule has 1 aromatic heterocycles. The van der Waals surface area contributed by atoms with Crippen molar-refractivity contribution in [2.24, 2.45) is 0 Å². The van der Waals surface area contributed by atoms with E-state index in [2.05, 4.69) is 9.97 Å². The first kappa shape index (κ1) is 12.2. The fraction of sp³-hybridized carbons (Fsp3) is 0. The van der Waals surface area contributed by atoms with Gasteiger partial charge in [0.25, 0.3) is 0 Å². The SMILES string of the molecule is Nc1ccc(-c2cncc(-c3ccc(N)cc3)n2)cc1. The summed E-state index contributed by atoms with van der Waals surface area (Å²) >= 11 is 0. The highest BCUT2D eigenvalue weighted by Crippen LogP contribution is 2.22. The highest BCUT2D eigenvalue weighted by atomic mass is 14.8. The molecule has 4 heteroatoms. The van der Waals surface area contributed by atoms with Crippen molar-refractivity contribution in [1.29, 1.82) is 0 Å². The zero-order chi connectivity index (χ0) is 13.9. The molecule has 0 aliphatic carbocycles. The van der Waals surface area contributed by atoms with Crippen LogP contribution in [0.3, 0.4) is 0 Å². The number of nitrogen functional groups attached to an aromatic ring is 2. The second kappa shape index (κ2) is 5.01. The van der Waals surface area contributed by atoms with Gasteiger partial charge in [0.15, 0.2) is 0 Å². The summed E-state index contributed by atoms with van der Waals surface area (Å²) in [5, 5.41) is 0. The third kappa shape index (κ3) is 2.44. The normalized spacial score (nSPS) is 10.4. The summed E-state index contributed by atoms with van der Waals surface area (Å²) in [6, 6.07) is 15.2. The van der Waals surface area contributed by atoms with Crippen molar-refractivity contribution in [1.82, 2.24) is 9.97 Å². The minimum Gasteiger partial charge on any atom is -0.399 e. The second-order valence-corrected chi connectivity index (χ2v) is 4.53. The lowest BCUT2D eigenvalue weighted by atomic mass is 10.1. The van der Waals surface area contributed by atoms with E-state index in [9.17, 15) is 0 Å². The Labute approximate surface area is 117 Å². The number of hydrogen-bond donors (Lipinski definition) is 2. The van der Waals surface area contributed by atoms with Crippen LogP contribution in [0, 0.1) is 0 Å². The van der Waals surface area contributed by atoms with E-state index in [0.29, 0.717) is 0 Å². The maximum atomic E-state index is 5.69. The topological polar surface area (TPSA) is 77.8 Å². The van der Waals surface area contributed by atoms with Crippen molar-refractivity contribution in [3.05, 3.63) is 60.9 Å². The molecule has 0 atom stereocenters. The van der Waals surface area contributed by atoms with Gasteiger partial charge in [0, 0.05) is 22.5 Å². The first-order valence-electron chi connectivity index (χ1n) is 6.26. The zero-order valence-corrected chi connectivity index (χ0v) is 10.8. The van der Waals surface area contributed by atoms with E-state index in [1.54, 1.807) is 12.4 Å². The molecule has 3 rings (SSSR count). The number of nitrogens with two attached hydrogens (primary N) is 2. The summed E-state index contributed by atoms with van der Waals surface area (Å²) in [6.45, 7) is 0. The van der Waals surface area contributed by atoms with Gasteiger partial charge in [-0.2, -0.15) is 0 Å². The number of rotatable bonds is 2. The first-order valence-corrected chi connectivity index (χ1v) is 6.26. The van der Waals surface area contributed by atoms with Crippen molar-refractivity contribution in [2.45, 2.75) is 0 Å². The fourth-order valence-corrected chi connectivity index (χ4v) is 1.95. The van der Waals surface area contributed by atoms with E-state index in [-0.39, 0.29) is 0 Å². The van der Waals surface area contributed by atoms with E-state index < -0.39 is 0 Å². The molecule has 4 N–H and O–H groups in total. The van der Waals surface area contributed by atoms with Gasteiger partial charge in [0.2, 0.25) is 0 Å². The summed E-state index contributed by atoms with van der Waals surface area (Å²) in [7, 11) is 0. The van der Waals surface area contributed by atoms with Crippen molar-refractivity contribution in [3.8, 4) is 22.5 Å². The largest absolute Gasteiger partial charge is 0.399 e. The summed E-state index contributed by atoms with van der Waals surface area (Å²) in [5.74, 6) is 0. The second-order valence-electron chi connectivity index (χ2n) is 4.53. The molecule has 0 aliphatic heterocycles. The molecule has 0 unspecified atom stereocenters. The Balaban J connectivity index is 2.01. The molecular weight excluding hydrogens is 248 g/mol. The molecule has 1 heterocycles. The smallest absolute Gasteiger partial charge is 0.0892 e. The quantitative estimate of drug-likeness (QED) is 0.696. The fourth-order valence-electron chi connectivity index (χ4n) is 1.95. The Kier molecular flexibility index (Phi) is 3.05. The third-order valence-corrected chi connectivity index (χ3v) is 3.05. The van der Waals surface area contributed by atoms with E-state index >= 15 is 0 Å². The molecule has 4 nitrogen and oxygen atoms in total. The predicted octanol–water partition coefficient (Wildman–Crippen LogP) is 2.98. The summed E-state index contributed by atoms with van der Waals surface area (Å²) in [4.78, 5) is 8.89. The van der Waals surface area contributed by atoms with Gasteiger partial charge in [0.1, 0.15) is 0 Å². The van der Waals surface area contributed by atoms with Crippen LogP contribution in [0.15, 0.2) is 60.9 Å². The Morgan fingerprint density at radius 1 is 0.600 bits per heavy atom. The van der Waals surface area contributed by atoms with Crippen LogP contribution in [0.5, 0.6) is 0 Å². The lowest BCUT2D eigenvalue weighted by Crippen LogP contribution is -1.91. The third-order valence-electron chi connectivity index (χ3n) is 3.05. The predicted molar refractivity (Wildman–Crippen MR) is 81.7 cm³/mol. The molecule has 2 aromatic carbocycles. The molecule has 0 saturated carbocycles. The number of benzene rings is 2. The van der Waals surface area contributed by atoms with Crippen LogP contribution in [-0.2, 0) is 0 Å². The van der Waals surface area contributed by atoms with Crippen LogP contribution < -0.4 is 11.5 Å². The maximum Gasteiger partial charge on any atom is 0.0892 e. The lowest BCUT2D eigenvalue weighted by molar-refractivity contribution is 1.21. The van der Waals surface area contributed by atoms with Gasteiger partial charge in [0.05, 0.1) is 23.8 Å². The van der Waals surface area contributed by atoms with Gasteiger partial charge in [-0.3, -0.25) is 4.98 Å². The summed E-state index contributed by atoms with van der Waals surface area (Å²) < 4.78 is 0. The molecule has 0 saturated heterocycles. The Morgan fingerprint density at radius 3 is 1.40 bits per heavy atom. The van der Waals surface area contributed by atoms with Gasteiger partial charge in [-0.25, -0.2) is 4.98 Å². The van der Waals surface area contributed by atoms with Crippen molar-refractivity contribution < 1.29 is 0 Å².